The largest absolute Gasteiger partial charge is 0.397 e. The number of halogens is 1. The second-order valence-electron chi connectivity index (χ2n) is 7.65. The smallest absolute Gasteiger partial charge is 0.255 e. The Morgan fingerprint density at radius 3 is 2.96 bits per heavy atom. The van der Waals surface area contributed by atoms with Crippen LogP contribution in [0.1, 0.15) is 35.2 Å². The zero-order chi connectivity index (χ0) is 17.1. The number of rotatable bonds is 1. The highest BCUT2D eigenvalue weighted by atomic mass is 79.9. The first-order chi connectivity index (χ1) is 12.1. The molecule has 4 nitrogen and oxygen atoms in total. The van der Waals surface area contributed by atoms with Gasteiger partial charge in [-0.25, -0.2) is 0 Å². The van der Waals surface area contributed by atoms with E-state index in [1.807, 2.05) is 12.1 Å². The van der Waals surface area contributed by atoms with Crippen LogP contribution in [0.3, 0.4) is 0 Å². The molecule has 3 unspecified atom stereocenters. The quantitative estimate of drug-likeness (QED) is 0.744. The third-order valence-corrected chi connectivity index (χ3v) is 6.95. The average Bonchev–Trinajstić information content (AvgIpc) is 2.62. The van der Waals surface area contributed by atoms with Gasteiger partial charge < -0.3 is 15.5 Å². The lowest BCUT2D eigenvalue weighted by Gasteiger charge is -2.48. The lowest BCUT2D eigenvalue weighted by Crippen LogP contribution is -2.55. The molecule has 1 amide bonds. The number of benzene rings is 2. The summed E-state index contributed by atoms with van der Waals surface area (Å²) in [7, 11) is 0. The molecule has 2 aromatic rings. The standard InChI is InChI=1S/C20H22BrN3O/c21-16-9-15-18-13(3-1-5-14(18)19(16)22)11-24(20(15)25)17-6-8-23-7-2-4-12(17)10-23/h1,3,5,9,12,17H,2,4,6-8,10-11,22H2. The number of anilines is 1. The van der Waals surface area contributed by atoms with Crippen molar-refractivity contribution in [3.8, 4) is 0 Å². The van der Waals surface area contributed by atoms with Crippen molar-refractivity contribution in [1.82, 2.24) is 9.80 Å². The summed E-state index contributed by atoms with van der Waals surface area (Å²) in [4.78, 5) is 18.1. The monoisotopic (exact) mass is 399 g/mol. The van der Waals surface area contributed by atoms with Gasteiger partial charge >= 0.3 is 0 Å². The number of piperidine rings is 2. The van der Waals surface area contributed by atoms with Crippen LogP contribution in [0.25, 0.3) is 10.8 Å². The molecule has 2 aromatic carbocycles. The van der Waals surface area contributed by atoms with Crippen molar-refractivity contribution in [2.75, 3.05) is 25.4 Å². The molecule has 0 radical (unpaired) electrons. The van der Waals surface area contributed by atoms with E-state index in [2.05, 4.69) is 37.9 Å². The first kappa shape index (κ1) is 15.6. The first-order valence-corrected chi connectivity index (χ1v) is 9.95. The van der Waals surface area contributed by atoms with E-state index in [0.717, 1.165) is 46.0 Å². The van der Waals surface area contributed by atoms with Crippen LogP contribution in [-0.2, 0) is 6.54 Å². The fraction of sp³-hybridized carbons (Fsp3) is 0.450. The number of carbonyl (C=O) groups is 1. The molecule has 3 heterocycles. The van der Waals surface area contributed by atoms with Gasteiger partial charge in [-0.05, 0) is 59.3 Å². The summed E-state index contributed by atoms with van der Waals surface area (Å²) >= 11 is 3.54. The molecule has 2 bridgehead atoms. The second kappa shape index (κ2) is 5.71. The molecule has 2 saturated heterocycles. The maximum absolute atomic E-state index is 13.4. The van der Waals surface area contributed by atoms with Crippen molar-refractivity contribution >= 4 is 38.3 Å². The van der Waals surface area contributed by atoms with Gasteiger partial charge in [-0.3, -0.25) is 4.79 Å². The molecule has 0 aliphatic carbocycles. The molecule has 3 aliphatic rings. The highest BCUT2D eigenvalue weighted by Gasteiger charge is 2.39. The third-order valence-electron chi connectivity index (χ3n) is 6.30. The molecular formula is C20H22BrN3O. The van der Waals surface area contributed by atoms with Crippen molar-refractivity contribution in [2.24, 2.45) is 5.92 Å². The molecule has 3 aliphatic heterocycles. The Bertz CT molecular complexity index is 881. The molecule has 5 rings (SSSR count). The van der Waals surface area contributed by atoms with Gasteiger partial charge in [0.25, 0.3) is 5.91 Å². The molecule has 0 aromatic heterocycles. The lowest BCUT2D eigenvalue weighted by atomic mass is 9.82. The minimum atomic E-state index is 0.174. The van der Waals surface area contributed by atoms with Gasteiger partial charge in [-0.1, -0.05) is 18.2 Å². The fourth-order valence-electron chi connectivity index (χ4n) is 5.10. The van der Waals surface area contributed by atoms with Gasteiger partial charge in [0.05, 0.1) is 5.69 Å². The van der Waals surface area contributed by atoms with Gasteiger partial charge in [-0.15, -0.1) is 0 Å². The Balaban J connectivity index is 1.59. The van der Waals surface area contributed by atoms with E-state index in [1.165, 1.54) is 24.9 Å². The Morgan fingerprint density at radius 2 is 2.08 bits per heavy atom. The van der Waals surface area contributed by atoms with E-state index in [-0.39, 0.29) is 5.91 Å². The number of hydrogen-bond donors (Lipinski definition) is 1. The minimum absolute atomic E-state index is 0.174. The summed E-state index contributed by atoms with van der Waals surface area (Å²) < 4.78 is 0.815. The fourth-order valence-corrected chi connectivity index (χ4v) is 5.54. The number of hydrogen-bond acceptors (Lipinski definition) is 3. The molecule has 25 heavy (non-hydrogen) atoms. The van der Waals surface area contributed by atoms with Crippen LogP contribution in [0.5, 0.6) is 0 Å². The molecule has 130 valence electrons. The van der Waals surface area contributed by atoms with Gasteiger partial charge in [0.2, 0.25) is 0 Å². The predicted octanol–water partition coefficient (Wildman–Crippen LogP) is 3.62. The molecule has 0 spiro atoms. The first-order valence-electron chi connectivity index (χ1n) is 9.16. The maximum atomic E-state index is 13.4. The molecule has 2 N–H and O–H groups in total. The van der Waals surface area contributed by atoms with Gasteiger partial charge in [-0.2, -0.15) is 0 Å². The summed E-state index contributed by atoms with van der Waals surface area (Å²) in [6.45, 7) is 4.21. The Labute approximate surface area is 156 Å². The van der Waals surface area contributed by atoms with Crippen LogP contribution in [0.2, 0.25) is 0 Å². The van der Waals surface area contributed by atoms with Crippen LogP contribution < -0.4 is 5.73 Å². The predicted molar refractivity (Wildman–Crippen MR) is 104 cm³/mol. The van der Waals surface area contributed by atoms with E-state index in [4.69, 9.17) is 5.73 Å². The summed E-state index contributed by atoms with van der Waals surface area (Å²) in [5, 5.41) is 2.04. The third kappa shape index (κ3) is 2.32. The number of fused-ring (bicyclic) bond motifs is 2. The number of nitrogens with zero attached hydrogens (tertiary/aromatic N) is 2. The van der Waals surface area contributed by atoms with Gasteiger partial charge in [0.1, 0.15) is 0 Å². The highest BCUT2D eigenvalue weighted by molar-refractivity contribution is 9.10. The summed E-state index contributed by atoms with van der Waals surface area (Å²) in [5.41, 5.74) is 9.00. The van der Waals surface area contributed by atoms with Crippen molar-refractivity contribution in [1.29, 1.82) is 0 Å². The lowest BCUT2D eigenvalue weighted by molar-refractivity contribution is 0.0197. The molecule has 2 fully saturated rings. The Kier molecular flexibility index (Phi) is 3.57. The van der Waals surface area contributed by atoms with Crippen molar-refractivity contribution in [2.45, 2.75) is 31.8 Å². The van der Waals surface area contributed by atoms with Crippen LogP contribution >= 0.6 is 15.9 Å². The highest BCUT2D eigenvalue weighted by Crippen LogP contribution is 2.40. The summed E-state index contributed by atoms with van der Waals surface area (Å²) in [5.74, 6) is 0.790. The zero-order valence-corrected chi connectivity index (χ0v) is 15.8. The van der Waals surface area contributed by atoms with E-state index in [9.17, 15) is 4.79 Å². The molecule has 5 heteroatoms. The van der Waals surface area contributed by atoms with Crippen LogP contribution in [-0.4, -0.2) is 41.4 Å². The van der Waals surface area contributed by atoms with Crippen LogP contribution in [0, 0.1) is 5.92 Å². The number of nitrogens with two attached hydrogens (primary N) is 1. The normalized spacial score (nSPS) is 28.4. The average molecular weight is 400 g/mol. The maximum Gasteiger partial charge on any atom is 0.255 e. The summed E-state index contributed by atoms with van der Waals surface area (Å²) in [6, 6.07) is 8.51. The topological polar surface area (TPSA) is 49.6 Å². The molecule has 0 saturated carbocycles. The van der Waals surface area contributed by atoms with Crippen molar-refractivity contribution in [3.63, 3.8) is 0 Å². The van der Waals surface area contributed by atoms with Crippen LogP contribution in [0.4, 0.5) is 5.69 Å². The van der Waals surface area contributed by atoms with E-state index >= 15 is 0 Å². The zero-order valence-electron chi connectivity index (χ0n) is 14.2. The number of nitrogen functional groups attached to an aromatic ring is 1. The van der Waals surface area contributed by atoms with Crippen LogP contribution in [0.15, 0.2) is 28.7 Å². The van der Waals surface area contributed by atoms with Crippen molar-refractivity contribution in [3.05, 3.63) is 39.9 Å². The van der Waals surface area contributed by atoms with Crippen molar-refractivity contribution < 1.29 is 4.79 Å². The minimum Gasteiger partial charge on any atom is -0.397 e. The summed E-state index contributed by atoms with van der Waals surface area (Å²) in [6.07, 6.45) is 3.60. The van der Waals surface area contributed by atoms with E-state index in [1.54, 1.807) is 0 Å². The van der Waals surface area contributed by atoms with Gasteiger partial charge in [0, 0.05) is 46.5 Å². The second-order valence-corrected chi connectivity index (χ2v) is 8.51. The molecule has 3 atom stereocenters. The number of amides is 1. The number of carbonyl (C=O) groups excluding carboxylic acids is 1. The van der Waals surface area contributed by atoms with Gasteiger partial charge in [0.15, 0.2) is 0 Å². The Hall–Kier alpha value is -1.59. The Morgan fingerprint density at radius 1 is 1.20 bits per heavy atom. The van der Waals surface area contributed by atoms with E-state index < -0.39 is 0 Å². The van der Waals surface area contributed by atoms with E-state index in [0.29, 0.717) is 18.5 Å². The molecular weight excluding hydrogens is 378 g/mol. The SMILES string of the molecule is Nc1c(Br)cc2c3c(cccc13)CN(C1CCN3CCCC1C3)C2=O.